The normalized spacial score (nSPS) is 23.1. The number of nitrogens with zero attached hydrogens (tertiary/aromatic N) is 1. The Hall–Kier alpha value is -1.70. The minimum absolute atomic E-state index is 0.0274. The van der Waals surface area contributed by atoms with Gasteiger partial charge < -0.3 is 5.32 Å². The van der Waals surface area contributed by atoms with Gasteiger partial charge >= 0.3 is 6.18 Å². The standard InChI is InChI=1S/C15H17F3N2/c1-10-4-2-3-5-13(10)20-14-7-6-11(9-19)8-12(14)15(16,17)18/h6-8,10,13,20H,2-5H2,1H3. The highest BCUT2D eigenvalue weighted by atomic mass is 19.4. The van der Waals surface area contributed by atoms with E-state index in [2.05, 4.69) is 12.2 Å². The van der Waals surface area contributed by atoms with Crippen molar-refractivity contribution in [3.8, 4) is 6.07 Å². The van der Waals surface area contributed by atoms with Gasteiger partial charge in [-0.1, -0.05) is 19.8 Å². The minimum atomic E-state index is -4.45. The third-order valence-corrected chi connectivity index (χ3v) is 3.91. The highest BCUT2D eigenvalue weighted by Gasteiger charge is 2.35. The van der Waals surface area contributed by atoms with Crippen molar-refractivity contribution in [1.82, 2.24) is 0 Å². The number of benzene rings is 1. The summed E-state index contributed by atoms with van der Waals surface area (Å²) >= 11 is 0. The summed E-state index contributed by atoms with van der Waals surface area (Å²) in [5, 5.41) is 11.8. The van der Waals surface area contributed by atoms with Crippen molar-refractivity contribution in [2.75, 3.05) is 5.32 Å². The van der Waals surface area contributed by atoms with Gasteiger partial charge in [0.15, 0.2) is 0 Å². The Bertz CT molecular complexity index is 517. The molecule has 5 heteroatoms. The molecule has 0 spiro atoms. The lowest BCUT2D eigenvalue weighted by Gasteiger charge is -2.31. The molecule has 0 aromatic heterocycles. The van der Waals surface area contributed by atoms with E-state index in [-0.39, 0.29) is 17.3 Å². The van der Waals surface area contributed by atoms with Crippen LogP contribution in [0, 0.1) is 17.2 Å². The molecule has 0 radical (unpaired) electrons. The predicted molar refractivity (Wildman–Crippen MR) is 71.2 cm³/mol. The fourth-order valence-electron chi connectivity index (χ4n) is 2.70. The Morgan fingerprint density at radius 2 is 1.95 bits per heavy atom. The molecule has 0 heterocycles. The number of halogens is 3. The van der Waals surface area contributed by atoms with Crippen molar-refractivity contribution >= 4 is 5.69 Å². The second-order valence-electron chi connectivity index (χ2n) is 5.38. The average molecular weight is 282 g/mol. The molecule has 1 fully saturated rings. The number of rotatable bonds is 2. The molecule has 2 unspecified atom stereocenters. The van der Waals surface area contributed by atoms with Gasteiger partial charge in [-0.3, -0.25) is 0 Å². The van der Waals surface area contributed by atoms with Crippen LogP contribution in [0.15, 0.2) is 18.2 Å². The molecule has 1 aromatic rings. The lowest BCUT2D eigenvalue weighted by Crippen LogP contribution is -2.31. The minimum Gasteiger partial charge on any atom is -0.382 e. The smallest absolute Gasteiger partial charge is 0.382 e. The zero-order chi connectivity index (χ0) is 14.8. The topological polar surface area (TPSA) is 35.8 Å². The van der Waals surface area contributed by atoms with Crippen LogP contribution in [0.2, 0.25) is 0 Å². The second-order valence-corrected chi connectivity index (χ2v) is 5.38. The first-order valence-electron chi connectivity index (χ1n) is 6.79. The molecule has 1 aliphatic carbocycles. The highest BCUT2D eigenvalue weighted by molar-refractivity contribution is 5.56. The van der Waals surface area contributed by atoms with Crippen molar-refractivity contribution in [1.29, 1.82) is 5.26 Å². The van der Waals surface area contributed by atoms with Gasteiger partial charge in [0.1, 0.15) is 0 Å². The van der Waals surface area contributed by atoms with E-state index in [1.54, 1.807) is 6.07 Å². The SMILES string of the molecule is CC1CCCCC1Nc1ccc(C#N)cc1C(F)(F)F. The second kappa shape index (κ2) is 5.74. The summed E-state index contributed by atoms with van der Waals surface area (Å²) in [5.74, 6) is 0.362. The van der Waals surface area contributed by atoms with Crippen LogP contribution in [0.3, 0.4) is 0 Å². The van der Waals surface area contributed by atoms with E-state index < -0.39 is 11.7 Å². The summed E-state index contributed by atoms with van der Waals surface area (Å²) in [6.07, 6.45) is -0.348. The Labute approximate surface area is 116 Å². The monoisotopic (exact) mass is 282 g/mol. The quantitative estimate of drug-likeness (QED) is 0.862. The Morgan fingerprint density at radius 3 is 2.55 bits per heavy atom. The van der Waals surface area contributed by atoms with E-state index in [0.29, 0.717) is 5.92 Å². The van der Waals surface area contributed by atoms with Gasteiger partial charge in [0.05, 0.1) is 17.2 Å². The van der Waals surface area contributed by atoms with Gasteiger partial charge in [0, 0.05) is 11.7 Å². The summed E-state index contributed by atoms with van der Waals surface area (Å²) < 4.78 is 39.2. The molecule has 108 valence electrons. The van der Waals surface area contributed by atoms with E-state index in [1.807, 2.05) is 0 Å². The van der Waals surface area contributed by atoms with Crippen LogP contribution < -0.4 is 5.32 Å². The van der Waals surface area contributed by atoms with Gasteiger partial charge in [0.25, 0.3) is 0 Å². The highest BCUT2D eigenvalue weighted by Crippen LogP contribution is 2.37. The maximum absolute atomic E-state index is 13.1. The van der Waals surface area contributed by atoms with Crippen LogP contribution in [0.5, 0.6) is 0 Å². The molecule has 0 amide bonds. The van der Waals surface area contributed by atoms with Crippen molar-refractivity contribution in [2.45, 2.75) is 44.8 Å². The van der Waals surface area contributed by atoms with Gasteiger partial charge in [-0.15, -0.1) is 0 Å². The lowest BCUT2D eigenvalue weighted by molar-refractivity contribution is -0.137. The van der Waals surface area contributed by atoms with Crippen molar-refractivity contribution < 1.29 is 13.2 Å². The van der Waals surface area contributed by atoms with Crippen LogP contribution in [-0.2, 0) is 6.18 Å². The summed E-state index contributed by atoms with van der Waals surface area (Å²) in [4.78, 5) is 0. The van der Waals surface area contributed by atoms with Gasteiger partial charge in [0.2, 0.25) is 0 Å². The number of alkyl halides is 3. The molecule has 1 aliphatic rings. The molecule has 1 saturated carbocycles. The zero-order valence-corrected chi connectivity index (χ0v) is 11.3. The van der Waals surface area contributed by atoms with Crippen molar-refractivity contribution in [3.63, 3.8) is 0 Å². The first-order valence-corrected chi connectivity index (χ1v) is 6.79. The molecule has 1 aromatic carbocycles. The maximum atomic E-state index is 13.1. The number of nitriles is 1. The van der Waals surface area contributed by atoms with Crippen LogP contribution >= 0.6 is 0 Å². The van der Waals surface area contributed by atoms with Crippen LogP contribution in [0.25, 0.3) is 0 Å². The summed E-state index contributed by atoms with van der Waals surface area (Å²) in [7, 11) is 0. The molecule has 0 aliphatic heterocycles. The number of anilines is 1. The molecule has 2 rings (SSSR count). The number of hydrogen-bond donors (Lipinski definition) is 1. The average Bonchev–Trinajstić information content (AvgIpc) is 2.40. The summed E-state index contributed by atoms with van der Waals surface area (Å²) in [6.45, 7) is 2.06. The van der Waals surface area contributed by atoms with Crippen LogP contribution in [0.1, 0.15) is 43.7 Å². The third kappa shape index (κ3) is 3.24. The predicted octanol–water partition coefficient (Wildman–Crippen LogP) is 4.57. The molecular weight excluding hydrogens is 265 g/mol. The largest absolute Gasteiger partial charge is 0.418 e. The summed E-state index contributed by atoms with van der Waals surface area (Å²) in [6, 6.07) is 5.52. The first kappa shape index (κ1) is 14.7. The lowest BCUT2D eigenvalue weighted by atomic mass is 9.85. The first-order chi connectivity index (χ1) is 9.41. The van der Waals surface area contributed by atoms with Crippen LogP contribution in [0.4, 0.5) is 18.9 Å². The molecule has 20 heavy (non-hydrogen) atoms. The van der Waals surface area contributed by atoms with E-state index >= 15 is 0 Å². The fraction of sp³-hybridized carbons (Fsp3) is 0.533. The molecule has 0 bridgehead atoms. The molecule has 2 atom stereocenters. The Balaban J connectivity index is 2.29. The molecule has 1 N–H and O–H groups in total. The van der Waals surface area contributed by atoms with E-state index in [4.69, 9.17) is 5.26 Å². The molecule has 0 saturated heterocycles. The number of hydrogen-bond acceptors (Lipinski definition) is 2. The Morgan fingerprint density at radius 1 is 1.25 bits per heavy atom. The van der Waals surface area contributed by atoms with Crippen LogP contribution in [-0.4, -0.2) is 6.04 Å². The van der Waals surface area contributed by atoms with E-state index in [1.165, 1.54) is 12.1 Å². The third-order valence-electron chi connectivity index (χ3n) is 3.91. The van der Waals surface area contributed by atoms with Gasteiger partial charge in [-0.05, 0) is 37.0 Å². The molecular formula is C15H17F3N2. The van der Waals surface area contributed by atoms with E-state index in [9.17, 15) is 13.2 Å². The van der Waals surface area contributed by atoms with E-state index in [0.717, 1.165) is 31.7 Å². The maximum Gasteiger partial charge on any atom is 0.418 e. The number of nitrogens with one attached hydrogen (secondary N) is 1. The fourth-order valence-corrected chi connectivity index (χ4v) is 2.70. The van der Waals surface area contributed by atoms with Gasteiger partial charge in [-0.25, -0.2) is 0 Å². The molecule has 2 nitrogen and oxygen atoms in total. The summed E-state index contributed by atoms with van der Waals surface area (Å²) in [5.41, 5.74) is -0.649. The van der Waals surface area contributed by atoms with Crippen molar-refractivity contribution in [3.05, 3.63) is 29.3 Å². The Kier molecular flexibility index (Phi) is 4.22. The van der Waals surface area contributed by atoms with Crippen molar-refractivity contribution in [2.24, 2.45) is 5.92 Å². The zero-order valence-electron chi connectivity index (χ0n) is 11.3. The van der Waals surface area contributed by atoms with Gasteiger partial charge in [-0.2, -0.15) is 18.4 Å².